The average Bonchev–Trinajstić information content (AvgIpc) is 2.17. The lowest BCUT2D eigenvalue weighted by Crippen LogP contribution is -2.04. The minimum absolute atomic E-state index is 0.297. The van der Waals surface area contributed by atoms with E-state index in [2.05, 4.69) is 11.8 Å². The van der Waals surface area contributed by atoms with Gasteiger partial charge in [-0.05, 0) is 12.8 Å². The van der Waals surface area contributed by atoms with Crippen molar-refractivity contribution in [1.82, 2.24) is 0 Å². The molecule has 3 heteroatoms. The van der Waals surface area contributed by atoms with E-state index >= 15 is 0 Å². The second kappa shape index (κ2) is 10.3. The van der Waals surface area contributed by atoms with E-state index in [1.807, 2.05) is 19.1 Å². The van der Waals surface area contributed by atoms with Crippen LogP contribution in [0.15, 0.2) is 12.2 Å². The Labute approximate surface area is 86.0 Å². The molecule has 0 amide bonds. The summed E-state index contributed by atoms with van der Waals surface area (Å²) in [6.45, 7) is 4.42. The third-order valence-corrected chi connectivity index (χ3v) is 1.66. The van der Waals surface area contributed by atoms with Crippen LogP contribution in [-0.4, -0.2) is 12.6 Å². The van der Waals surface area contributed by atoms with E-state index in [0.717, 1.165) is 12.8 Å². The van der Waals surface area contributed by atoms with Crippen molar-refractivity contribution >= 4 is 5.97 Å². The lowest BCUT2D eigenvalue weighted by atomic mass is 10.2. The van der Waals surface area contributed by atoms with Crippen molar-refractivity contribution in [2.24, 2.45) is 0 Å². The maximum Gasteiger partial charge on any atom is 0.342 e. The van der Waals surface area contributed by atoms with Gasteiger partial charge in [-0.3, -0.25) is 4.89 Å². The lowest BCUT2D eigenvalue weighted by Gasteiger charge is -1.99. The molecule has 0 heterocycles. The van der Waals surface area contributed by atoms with Crippen LogP contribution in [0.5, 0.6) is 0 Å². The molecular formula is C11H20O3. The van der Waals surface area contributed by atoms with E-state index in [1.54, 1.807) is 0 Å². The first-order chi connectivity index (χ1) is 6.81. The molecular weight excluding hydrogens is 180 g/mol. The Morgan fingerprint density at radius 1 is 1.21 bits per heavy atom. The van der Waals surface area contributed by atoms with Crippen molar-refractivity contribution < 1.29 is 14.6 Å². The van der Waals surface area contributed by atoms with Crippen molar-refractivity contribution in [3.05, 3.63) is 12.2 Å². The molecule has 0 atom stereocenters. The Kier molecular flexibility index (Phi) is 9.64. The smallest absolute Gasteiger partial charge is 0.298 e. The van der Waals surface area contributed by atoms with Crippen molar-refractivity contribution in [3.63, 3.8) is 0 Å². The van der Waals surface area contributed by atoms with Gasteiger partial charge in [0.05, 0.1) is 0 Å². The van der Waals surface area contributed by atoms with Crippen molar-refractivity contribution in [3.8, 4) is 0 Å². The van der Waals surface area contributed by atoms with Gasteiger partial charge in [-0.1, -0.05) is 38.8 Å². The first kappa shape index (κ1) is 13.2. The summed E-state index contributed by atoms with van der Waals surface area (Å²) in [4.78, 5) is 20.0. The Morgan fingerprint density at radius 3 is 2.64 bits per heavy atom. The lowest BCUT2D eigenvalue weighted by molar-refractivity contribution is -0.265. The molecule has 14 heavy (non-hydrogen) atoms. The van der Waals surface area contributed by atoms with Gasteiger partial charge in [0.25, 0.3) is 0 Å². The summed E-state index contributed by atoms with van der Waals surface area (Å²) in [5.74, 6) is -0.297. The molecule has 0 fully saturated rings. The zero-order valence-corrected chi connectivity index (χ0v) is 9.12. The normalized spacial score (nSPS) is 10.7. The van der Waals surface area contributed by atoms with Gasteiger partial charge in [0.2, 0.25) is 0 Å². The van der Waals surface area contributed by atoms with Gasteiger partial charge >= 0.3 is 5.97 Å². The van der Waals surface area contributed by atoms with Crippen LogP contribution in [0.1, 0.15) is 46.0 Å². The number of carbonyl (C=O) groups is 1. The second-order valence-corrected chi connectivity index (χ2v) is 3.10. The number of hydrogen-bond acceptors (Lipinski definition) is 3. The fourth-order valence-electron chi connectivity index (χ4n) is 0.893. The number of allylic oxidation sites excluding steroid dienone is 1. The Bertz CT molecular complexity index is 164. The summed E-state index contributed by atoms with van der Waals surface area (Å²) in [6.07, 6.45) is 8.55. The standard InChI is InChI=1S/C11H20O3/c1-3-5-6-7-8-10-13-14-11(12)9-4-2/h7-8H,3-6,9-10H2,1-2H3/b8-7+. The maximum absolute atomic E-state index is 10.8. The predicted octanol–water partition coefficient (Wildman–Crippen LogP) is 3.01. The highest BCUT2D eigenvalue weighted by Crippen LogP contribution is 1.95. The summed E-state index contributed by atoms with van der Waals surface area (Å²) in [7, 11) is 0. The van der Waals surface area contributed by atoms with Crippen LogP contribution in [0.2, 0.25) is 0 Å². The zero-order chi connectivity index (χ0) is 10.6. The third kappa shape index (κ3) is 9.26. The van der Waals surface area contributed by atoms with Gasteiger partial charge in [-0.2, -0.15) is 4.89 Å². The van der Waals surface area contributed by atoms with Crippen LogP contribution in [0.25, 0.3) is 0 Å². The van der Waals surface area contributed by atoms with E-state index in [-0.39, 0.29) is 5.97 Å². The molecule has 0 saturated heterocycles. The predicted molar refractivity (Wildman–Crippen MR) is 55.6 cm³/mol. The Balaban J connectivity index is 3.19. The van der Waals surface area contributed by atoms with Gasteiger partial charge in [-0.25, -0.2) is 4.79 Å². The molecule has 0 rings (SSSR count). The highest BCUT2D eigenvalue weighted by Gasteiger charge is 1.99. The molecule has 3 nitrogen and oxygen atoms in total. The molecule has 0 radical (unpaired) electrons. The fraction of sp³-hybridized carbons (Fsp3) is 0.727. The number of carbonyl (C=O) groups excluding carboxylic acids is 1. The van der Waals surface area contributed by atoms with Gasteiger partial charge in [0.1, 0.15) is 6.61 Å². The van der Waals surface area contributed by atoms with Crippen LogP contribution >= 0.6 is 0 Å². The topological polar surface area (TPSA) is 35.5 Å². The highest BCUT2D eigenvalue weighted by atomic mass is 17.2. The van der Waals surface area contributed by atoms with E-state index in [9.17, 15) is 4.79 Å². The summed E-state index contributed by atoms with van der Waals surface area (Å²) in [5, 5.41) is 0. The highest BCUT2D eigenvalue weighted by molar-refractivity contribution is 5.68. The molecule has 0 aliphatic carbocycles. The average molecular weight is 200 g/mol. The van der Waals surface area contributed by atoms with E-state index in [1.165, 1.54) is 12.8 Å². The molecule has 0 unspecified atom stereocenters. The van der Waals surface area contributed by atoms with Crippen molar-refractivity contribution in [1.29, 1.82) is 0 Å². The first-order valence-electron chi connectivity index (χ1n) is 5.28. The Hall–Kier alpha value is -0.830. The largest absolute Gasteiger partial charge is 0.342 e. The molecule has 0 aromatic rings. The molecule has 0 spiro atoms. The summed E-state index contributed by atoms with van der Waals surface area (Å²) in [6, 6.07) is 0. The van der Waals surface area contributed by atoms with E-state index in [0.29, 0.717) is 13.0 Å². The van der Waals surface area contributed by atoms with Gasteiger partial charge in [0, 0.05) is 6.42 Å². The van der Waals surface area contributed by atoms with Crippen LogP contribution in [0.3, 0.4) is 0 Å². The van der Waals surface area contributed by atoms with Gasteiger partial charge < -0.3 is 0 Å². The van der Waals surface area contributed by atoms with Crippen molar-refractivity contribution in [2.75, 3.05) is 6.61 Å². The van der Waals surface area contributed by atoms with Crippen LogP contribution in [0.4, 0.5) is 0 Å². The number of hydrogen-bond donors (Lipinski definition) is 0. The molecule has 0 bridgehead atoms. The van der Waals surface area contributed by atoms with E-state index < -0.39 is 0 Å². The SMILES string of the molecule is CCCC/C=C/COOC(=O)CCC. The van der Waals surface area contributed by atoms with Gasteiger partial charge in [-0.15, -0.1) is 0 Å². The van der Waals surface area contributed by atoms with E-state index in [4.69, 9.17) is 4.89 Å². The molecule has 0 N–H and O–H groups in total. The molecule has 0 aromatic carbocycles. The van der Waals surface area contributed by atoms with Crippen LogP contribution in [-0.2, 0) is 14.6 Å². The second-order valence-electron chi connectivity index (χ2n) is 3.10. The zero-order valence-electron chi connectivity index (χ0n) is 9.12. The van der Waals surface area contributed by atoms with Crippen molar-refractivity contribution in [2.45, 2.75) is 46.0 Å². The summed E-state index contributed by atoms with van der Waals surface area (Å²) < 4.78 is 0. The quantitative estimate of drug-likeness (QED) is 0.261. The fourth-order valence-corrected chi connectivity index (χ4v) is 0.893. The minimum Gasteiger partial charge on any atom is -0.298 e. The van der Waals surface area contributed by atoms with Crippen LogP contribution in [0, 0.1) is 0 Å². The van der Waals surface area contributed by atoms with Gasteiger partial charge in [0.15, 0.2) is 0 Å². The minimum atomic E-state index is -0.297. The van der Waals surface area contributed by atoms with Crippen LogP contribution < -0.4 is 0 Å². The molecule has 0 aliphatic rings. The third-order valence-electron chi connectivity index (χ3n) is 1.66. The molecule has 0 aromatic heterocycles. The summed E-state index contributed by atoms with van der Waals surface area (Å²) >= 11 is 0. The monoisotopic (exact) mass is 200 g/mol. The maximum atomic E-state index is 10.8. The molecule has 0 aliphatic heterocycles. The number of unbranched alkanes of at least 4 members (excludes halogenated alkanes) is 2. The molecule has 0 saturated carbocycles. The molecule has 82 valence electrons. The summed E-state index contributed by atoms with van der Waals surface area (Å²) in [5.41, 5.74) is 0. The Morgan fingerprint density at radius 2 is 2.00 bits per heavy atom. The first-order valence-corrected chi connectivity index (χ1v) is 5.28. The number of rotatable bonds is 8.